The first-order chi connectivity index (χ1) is 10.2. The molecule has 0 aromatic heterocycles. The molecule has 1 heterocycles. The highest BCUT2D eigenvalue weighted by Gasteiger charge is 2.28. The van der Waals surface area contributed by atoms with Gasteiger partial charge in [0, 0.05) is 12.0 Å². The topological polar surface area (TPSA) is 67.4 Å². The minimum absolute atomic E-state index is 0.362. The second kappa shape index (κ2) is 5.66. The molecule has 1 atom stereocenters. The number of benzene rings is 2. The molecule has 0 saturated carbocycles. The summed E-state index contributed by atoms with van der Waals surface area (Å²) in [5.74, 6) is -0.0121. The SMILES string of the molecule is O=C(NNC(=O)C1Cc2ccccc2O1)c1ccccc1. The Kier molecular flexibility index (Phi) is 3.55. The van der Waals surface area contributed by atoms with Crippen molar-refractivity contribution >= 4 is 11.8 Å². The maximum Gasteiger partial charge on any atom is 0.279 e. The molecule has 1 unspecified atom stereocenters. The standard InChI is InChI=1S/C16H14N2O3/c19-15(11-6-2-1-3-7-11)17-18-16(20)14-10-12-8-4-5-9-13(12)21-14/h1-9,14H,10H2,(H,17,19)(H,18,20). The number of nitrogens with one attached hydrogen (secondary N) is 2. The largest absolute Gasteiger partial charge is 0.480 e. The summed E-state index contributed by atoms with van der Waals surface area (Å²) in [4.78, 5) is 23.8. The van der Waals surface area contributed by atoms with Crippen molar-refractivity contribution in [1.29, 1.82) is 0 Å². The third-order valence-electron chi connectivity index (χ3n) is 3.27. The van der Waals surface area contributed by atoms with Crippen LogP contribution in [-0.2, 0) is 11.2 Å². The number of amides is 2. The molecular weight excluding hydrogens is 268 g/mol. The number of hydrazine groups is 1. The molecule has 2 aromatic carbocycles. The second-order valence-corrected chi connectivity index (χ2v) is 4.73. The Bertz CT molecular complexity index is 645. The van der Waals surface area contributed by atoms with E-state index in [0.29, 0.717) is 17.7 Å². The molecule has 0 saturated heterocycles. The number of hydrogen-bond donors (Lipinski definition) is 2. The van der Waals surface area contributed by atoms with Crippen molar-refractivity contribution in [2.24, 2.45) is 0 Å². The summed E-state index contributed by atoms with van der Waals surface area (Å²) in [6, 6.07) is 16.2. The van der Waals surface area contributed by atoms with Gasteiger partial charge in [-0.3, -0.25) is 20.4 Å². The van der Waals surface area contributed by atoms with Crippen LogP contribution in [0.5, 0.6) is 5.75 Å². The number of para-hydroxylation sites is 1. The van der Waals surface area contributed by atoms with Crippen LogP contribution in [0.2, 0.25) is 0 Å². The highest BCUT2D eigenvalue weighted by Crippen LogP contribution is 2.27. The summed E-state index contributed by atoms with van der Waals surface area (Å²) in [5.41, 5.74) is 6.25. The molecular formula is C16H14N2O3. The first-order valence-corrected chi connectivity index (χ1v) is 6.64. The minimum Gasteiger partial charge on any atom is -0.480 e. The average molecular weight is 282 g/mol. The molecule has 5 nitrogen and oxygen atoms in total. The van der Waals surface area contributed by atoms with Crippen molar-refractivity contribution in [1.82, 2.24) is 10.9 Å². The Morgan fingerprint density at radius 3 is 2.43 bits per heavy atom. The van der Waals surface area contributed by atoms with Crippen LogP contribution in [0, 0.1) is 0 Å². The average Bonchev–Trinajstić information content (AvgIpc) is 2.97. The number of carbonyl (C=O) groups is 2. The minimum atomic E-state index is -0.613. The molecule has 3 rings (SSSR count). The lowest BCUT2D eigenvalue weighted by Gasteiger charge is -2.12. The summed E-state index contributed by atoms with van der Waals surface area (Å²) in [6.45, 7) is 0. The molecule has 1 aliphatic heterocycles. The van der Waals surface area contributed by atoms with Gasteiger partial charge in [-0.15, -0.1) is 0 Å². The van der Waals surface area contributed by atoms with Gasteiger partial charge in [-0.2, -0.15) is 0 Å². The summed E-state index contributed by atoms with van der Waals surface area (Å²) >= 11 is 0. The van der Waals surface area contributed by atoms with Crippen molar-refractivity contribution in [3.63, 3.8) is 0 Å². The van der Waals surface area contributed by atoms with Crippen molar-refractivity contribution in [3.8, 4) is 5.75 Å². The van der Waals surface area contributed by atoms with Gasteiger partial charge in [-0.05, 0) is 23.8 Å². The Morgan fingerprint density at radius 1 is 0.952 bits per heavy atom. The predicted octanol–water partition coefficient (Wildman–Crippen LogP) is 1.45. The zero-order chi connectivity index (χ0) is 14.7. The normalized spacial score (nSPS) is 15.7. The van der Waals surface area contributed by atoms with E-state index in [-0.39, 0.29) is 11.8 Å². The van der Waals surface area contributed by atoms with Gasteiger partial charge in [0.1, 0.15) is 5.75 Å². The van der Waals surface area contributed by atoms with Crippen molar-refractivity contribution in [2.45, 2.75) is 12.5 Å². The Balaban J connectivity index is 1.55. The van der Waals surface area contributed by atoms with Crippen LogP contribution < -0.4 is 15.6 Å². The first-order valence-electron chi connectivity index (χ1n) is 6.64. The molecule has 21 heavy (non-hydrogen) atoms. The van der Waals surface area contributed by atoms with Crippen molar-refractivity contribution in [2.75, 3.05) is 0 Å². The van der Waals surface area contributed by atoms with E-state index in [1.165, 1.54) is 0 Å². The van der Waals surface area contributed by atoms with Crippen molar-refractivity contribution in [3.05, 3.63) is 65.7 Å². The number of fused-ring (bicyclic) bond motifs is 1. The number of rotatable bonds is 2. The molecule has 0 fully saturated rings. The van der Waals surface area contributed by atoms with E-state index in [9.17, 15) is 9.59 Å². The lowest BCUT2D eigenvalue weighted by atomic mass is 10.1. The third-order valence-corrected chi connectivity index (χ3v) is 3.27. The highest BCUT2D eigenvalue weighted by molar-refractivity contribution is 5.95. The second-order valence-electron chi connectivity index (χ2n) is 4.73. The fraction of sp³-hybridized carbons (Fsp3) is 0.125. The van der Waals surface area contributed by atoms with Crippen LogP contribution in [0.4, 0.5) is 0 Å². The van der Waals surface area contributed by atoms with E-state index in [2.05, 4.69) is 10.9 Å². The van der Waals surface area contributed by atoms with Crippen LogP contribution >= 0.6 is 0 Å². The maximum absolute atomic E-state index is 12.0. The zero-order valence-corrected chi connectivity index (χ0v) is 11.2. The first kappa shape index (κ1) is 13.2. The molecule has 2 amide bonds. The van der Waals surface area contributed by atoms with E-state index in [0.717, 1.165) is 5.56 Å². The van der Waals surface area contributed by atoms with E-state index < -0.39 is 6.10 Å². The summed E-state index contributed by atoms with van der Waals surface area (Å²) < 4.78 is 5.54. The molecule has 5 heteroatoms. The van der Waals surface area contributed by atoms with Gasteiger partial charge >= 0.3 is 0 Å². The molecule has 1 aliphatic rings. The Labute approximate surface area is 121 Å². The molecule has 0 bridgehead atoms. The van der Waals surface area contributed by atoms with E-state index >= 15 is 0 Å². The Hall–Kier alpha value is -2.82. The summed E-state index contributed by atoms with van der Waals surface area (Å²) in [5, 5.41) is 0. The number of carbonyl (C=O) groups excluding carboxylic acids is 2. The van der Waals surface area contributed by atoms with E-state index in [4.69, 9.17) is 4.74 Å². The molecule has 0 radical (unpaired) electrons. The van der Waals surface area contributed by atoms with E-state index in [1.807, 2.05) is 30.3 Å². The third kappa shape index (κ3) is 2.86. The lowest BCUT2D eigenvalue weighted by molar-refractivity contribution is -0.128. The van der Waals surface area contributed by atoms with Gasteiger partial charge in [0.05, 0.1) is 0 Å². The zero-order valence-electron chi connectivity index (χ0n) is 11.2. The monoisotopic (exact) mass is 282 g/mol. The summed E-state index contributed by atoms with van der Waals surface area (Å²) in [6.07, 6.45) is -0.109. The lowest BCUT2D eigenvalue weighted by Crippen LogP contribution is -2.47. The van der Waals surface area contributed by atoms with E-state index in [1.54, 1.807) is 24.3 Å². The van der Waals surface area contributed by atoms with Gasteiger partial charge in [0.15, 0.2) is 6.10 Å². The smallest absolute Gasteiger partial charge is 0.279 e. The molecule has 106 valence electrons. The number of hydrogen-bond acceptors (Lipinski definition) is 3. The van der Waals surface area contributed by atoms with Crippen LogP contribution in [-0.4, -0.2) is 17.9 Å². The van der Waals surface area contributed by atoms with Gasteiger partial charge < -0.3 is 4.74 Å². The van der Waals surface area contributed by atoms with Gasteiger partial charge in [0.2, 0.25) is 0 Å². The molecule has 2 N–H and O–H groups in total. The number of ether oxygens (including phenoxy) is 1. The summed E-state index contributed by atoms with van der Waals surface area (Å²) in [7, 11) is 0. The van der Waals surface area contributed by atoms with Gasteiger partial charge in [-0.1, -0.05) is 36.4 Å². The highest BCUT2D eigenvalue weighted by atomic mass is 16.5. The van der Waals surface area contributed by atoms with Gasteiger partial charge in [-0.25, -0.2) is 0 Å². The molecule has 2 aromatic rings. The predicted molar refractivity (Wildman–Crippen MR) is 76.6 cm³/mol. The maximum atomic E-state index is 12.0. The fourth-order valence-electron chi connectivity index (χ4n) is 2.19. The quantitative estimate of drug-likeness (QED) is 0.819. The Morgan fingerprint density at radius 2 is 1.67 bits per heavy atom. The molecule has 0 spiro atoms. The van der Waals surface area contributed by atoms with Crippen molar-refractivity contribution < 1.29 is 14.3 Å². The van der Waals surface area contributed by atoms with Crippen LogP contribution in [0.15, 0.2) is 54.6 Å². The van der Waals surface area contributed by atoms with Gasteiger partial charge in [0.25, 0.3) is 11.8 Å². The van der Waals surface area contributed by atoms with Crippen LogP contribution in [0.1, 0.15) is 15.9 Å². The fourth-order valence-corrected chi connectivity index (χ4v) is 2.19. The van der Waals surface area contributed by atoms with Crippen LogP contribution in [0.25, 0.3) is 0 Å². The van der Waals surface area contributed by atoms with Crippen LogP contribution in [0.3, 0.4) is 0 Å². The molecule has 0 aliphatic carbocycles.